The molecule has 41 heavy (non-hydrogen) atoms. The zero-order chi connectivity index (χ0) is 28.0. The molecule has 0 N–H and O–H groups in total. The van der Waals surface area contributed by atoms with Crippen LogP contribution in [0.25, 0.3) is 11.1 Å². The summed E-state index contributed by atoms with van der Waals surface area (Å²) in [7, 11) is 2.12. The van der Waals surface area contributed by atoms with E-state index in [1.165, 1.54) is 33.5 Å². The Labute approximate surface area is 243 Å². The van der Waals surface area contributed by atoms with E-state index in [-0.39, 0.29) is 0 Å². The fraction of sp³-hybridized carbons (Fsp3) is 0.0769. The second kappa shape index (κ2) is 12.0. The van der Waals surface area contributed by atoms with Crippen LogP contribution >= 0.6 is 0 Å². The standard InChI is InChI=1S/C39H34N2/c1-30-19-21-31(22-20-30)27-32-23-25-37(26-24-32)41(36-15-7-4-8-16-36)39-18-10-12-34(29-39)33-11-9-17-38(28-33)40(2)35-13-5-3-6-14-35/h3-26,28-29H,27H2,1-2H3. The largest absolute Gasteiger partial charge is 0.345 e. The molecular weight excluding hydrogens is 496 g/mol. The number of aryl methyl sites for hydroxylation is 1. The van der Waals surface area contributed by atoms with Crippen molar-refractivity contribution in [1.29, 1.82) is 0 Å². The van der Waals surface area contributed by atoms with Crippen molar-refractivity contribution in [2.75, 3.05) is 16.8 Å². The predicted octanol–water partition coefficient (Wildman–Crippen LogP) is 10.5. The summed E-state index contributed by atoms with van der Waals surface area (Å²) in [6, 6.07) is 56.4. The van der Waals surface area contributed by atoms with Crippen LogP contribution in [-0.2, 0) is 6.42 Å². The van der Waals surface area contributed by atoms with Crippen LogP contribution in [0.5, 0.6) is 0 Å². The number of nitrogens with zero attached hydrogens (tertiary/aromatic N) is 2. The van der Waals surface area contributed by atoms with Crippen LogP contribution in [-0.4, -0.2) is 7.05 Å². The van der Waals surface area contributed by atoms with Crippen LogP contribution in [0.3, 0.4) is 0 Å². The molecule has 0 unspecified atom stereocenters. The summed E-state index contributed by atoms with van der Waals surface area (Å²) >= 11 is 0. The Bertz CT molecular complexity index is 1710. The van der Waals surface area contributed by atoms with Crippen molar-refractivity contribution in [3.05, 3.63) is 174 Å². The highest BCUT2D eigenvalue weighted by atomic mass is 15.1. The minimum Gasteiger partial charge on any atom is -0.345 e. The highest BCUT2D eigenvalue weighted by molar-refractivity contribution is 5.81. The van der Waals surface area contributed by atoms with Gasteiger partial charge in [0.05, 0.1) is 0 Å². The first-order valence-corrected chi connectivity index (χ1v) is 14.1. The number of anilines is 5. The number of hydrogen-bond acceptors (Lipinski definition) is 2. The molecule has 0 aromatic heterocycles. The summed E-state index contributed by atoms with van der Waals surface area (Å²) in [4.78, 5) is 4.56. The van der Waals surface area contributed by atoms with Crippen molar-refractivity contribution in [3.63, 3.8) is 0 Å². The minimum atomic E-state index is 0.926. The van der Waals surface area contributed by atoms with E-state index in [9.17, 15) is 0 Å². The summed E-state index contributed by atoms with van der Waals surface area (Å²) < 4.78 is 0. The van der Waals surface area contributed by atoms with E-state index in [1.54, 1.807) is 0 Å². The molecule has 0 heterocycles. The van der Waals surface area contributed by atoms with Gasteiger partial charge in [-0.25, -0.2) is 0 Å². The Morgan fingerprint density at radius 2 is 0.878 bits per heavy atom. The maximum Gasteiger partial charge on any atom is 0.0467 e. The Hall–Kier alpha value is -5.08. The van der Waals surface area contributed by atoms with Gasteiger partial charge in [-0.1, -0.05) is 103 Å². The molecule has 0 aliphatic rings. The van der Waals surface area contributed by atoms with Gasteiger partial charge >= 0.3 is 0 Å². The van der Waals surface area contributed by atoms with Crippen LogP contribution < -0.4 is 9.80 Å². The van der Waals surface area contributed by atoms with Crippen molar-refractivity contribution in [2.24, 2.45) is 0 Å². The third kappa shape index (κ3) is 6.08. The van der Waals surface area contributed by atoms with Crippen molar-refractivity contribution >= 4 is 28.4 Å². The van der Waals surface area contributed by atoms with Crippen LogP contribution in [0.1, 0.15) is 16.7 Å². The number of hydrogen-bond donors (Lipinski definition) is 0. The van der Waals surface area contributed by atoms with Crippen molar-refractivity contribution in [1.82, 2.24) is 0 Å². The Morgan fingerprint density at radius 3 is 1.49 bits per heavy atom. The van der Waals surface area contributed by atoms with E-state index in [0.29, 0.717) is 0 Å². The molecule has 0 saturated carbocycles. The topological polar surface area (TPSA) is 6.48 Å². The van der Waals surface area contributed by atoms with E-state index < -0.39 is 0 Å². The molecular formula is C39H34N2. The summed E-state index contributed by atoms with van der Waals surface area (Å²) in [5.74, 6) is 0. The molecule has 0 bridgehead atoms. The lowest BCUT2D eigenvalue weighted by molar-refractivity contribution is 1.18. The summed E-state index contributed by atoms with van der Waals surface area (Å²) in [6.45, 7) is 2.13. The lowest BCUT2D eigenvalue weighted by atomic mass is 10.0. The van der Waals surface area contributed by atoms with Gasteiger partial charge in [0.25, 0.3) is 0 Å². The summed E-state index contributed by atoms with van der Waals surface area (Å²) in [5.41, 5.74) is 12.0. The van der Waals surface area contributed by atoms with Gasteiger partial charge in [0.15, 0.2) is 0 Å². The monoisotopic (exact) mass is 530 g/mol. The van der Waals surface area contributed by atoms with Gasteiger partial charge in [0.2, 0.25) is 0 Å². The highest BCUT2D eigenvalue weighted by Gasteiger charge is 2.14. The fourth-order valence-electron chi connectivity index (χ4n) is 5.25. The van der Waals surface area contributed by atoms with Gasteiger partial charge in [-0.05, 0) is 96.3 Å². The fourth-order valence-corrected chi connectivity index (χ4v) is 5.25. The lowest BCUT2D eigenvalue weighted by Gasteiger charge is -2.26. The molecule has 6 rings (SSSR count). The molecule has 0 saturated heterocycles. The van der Waals surface area contributed by atoms with Gasteiger partial charge in [-0.2, -0.15) is 0 Å². The van der Waals surface area contributed by atoms with E-state index in [0.717, 1.165) is 29.2 Å². The molecule has 0 amide bonds. The maximum absolute atomic E-state index is 2.33. The summed E-state index contributed by atoms with van der Waals surface area (Å²) in [5, 5.41) is 0. The zero-order valence-corrected chi connectivity index (χ0v) is 23.6. The van der Waals surface area contributed by atoms with Crippen molar-refractivity contribution in [2.45, 2.75) is 13.3 Å². The third-order valence-electron chi connectivity index (χ3n) is 7.55. The van der Waals surface area contributed by atoms with Gasteiger partial charge < -0.3 is 9.80 Å². The van der Waals surface area contributed by atoms with Gasteiger partial charge in [0.1, 0.15) is 0 Å². The molecule has 200 valence electrons. The van der Waals surface area contributed by atoms with Crippen molar-refractivity contribution in [3.8, 4) is 11.1 Å². The predicted molar refractivity (Wildman–Crippen MR) is 175 cm³/mol. The smallest absolute Gasteiger partial charge is 0.0467 e. The first kappa shape index (κ1) is 26.2. The summed E-state index contributed by atoms with van der Waals surface area (Å²) in [6.07, 6.45) is 0.926. The Kier molecular flexibility index (Phi) is 7.64. The van der Waals surface area contributed by atoms with Gasteiger partial charge in [-0.3, -0.25) is 0 Å². The number of benzene rings is 6. The van der Waals surface area contributed by atoms with Crippen LogP contribution in [0, 0.1) is 6.92 Å². The normalized spacial score (nSPS) is 10.8. The molecule has 6 aromatic rings. The average molecular weight is 531 g/mol. The Balaban J connectivity index is 1.32. The van der Waals surface area contributed by atoms with Gasteiger partial charge in [-0.15, -0.1) is 0 Å². The third-order valence-corrected chi connectivity index (χ3v) is 7.55. The molecule has 0 aliphatic heterocycles. The van der Waals surface area contributed by atoms with Crippen LogP contribution in [0.2, 0.25) is 0 Å². The second-order valence-electron chi connectivity index (χ2n) is 10.5. The Morgan fingerprint density at radius 1 is 0.415 bits per heavy atom. The zero-order valence-electron chi connectivity index (χ0n) is 23.6. The molecule has 6 aromatic carbocycles. The van der Waals surface area contributed by atoms with Gasteiger partial charge in [0, 0.05) is 35.5 Å². The molecule has 2 heteroatoms. The molecule has 0 fully saturated rings. The first-order valence-electron chi connectivity index (χ1n) is 14.1. The molecule has 0 radical (unpaired) electrons. The van der Waals surface area contributed by atoms with Crippen LogP contribution in [0.4, 0.5) is 28.4 Å². The molecule has 0 aliphatic carbocycles. The second-order valence-corrected chi connectivity index (χ2v) is 10.5. The maximum atomic E-state index is 2.33. The molecule has 0 atom stereocenters. The number of rotatable bonds is 8. The highest BCUT2D eigenvalue weighted by Crippen LogP contribution is 2.37. The number of para-hydroxylation sites is 2. The minimum absolute atomic E-state index is 0.926. The van der Waals surface area contributed by atoms with E-state index >= 15 is 0 Å². The first-order chi connectivity index (χ1) is 20.1. The molecule has 0 spiro atoms. The average Bonchev–Trinajstić information content (AvgIpc) is 3.04. The van der Waals surface area contributed by atoms with E-state index in [1.807, 2.05) is 0 Å². The van der Waals surface area contributed by atoms with E-state index in [4.69, 9.17) is 0 Å². The quantitative estimate of drug-likeness (QED) is 0.193. The van der Waals surface area contributed by atoms with E-state index in [2.05, 4.69) is 181 Å². The molecule has 2 nitrogen and oxygen atoms in total. The SMILES string of the molecule is Cc1ccc(Cc2ccc(N(c3ccccc3)c3cccc(-c4cccc(N(C)c5ccccc5)c4)c3)cc2)cc1. The lowest BCUT2D eigenvalue weighted by Crippen LogP contribution is -2.10. The van der Waals surface area contributed by atoms with Crippen molar-refractivity contribution < 1.29 is 0 Å². The van der Waals surface area contributed by atoms with Crippen LogP contribution in [0.15, 0.2) is 158 Å².